The first-order valence-electron chi connectivity index (χ1n) is 9.80. The van der Waals surface area contributed by atoms with E-state index in [0.717, 1.165) is 32.8 Å². The van der Waals surface area contributed by atoms with Crippen LogP contribution in [0.2, 0.25) is 0 Å². The summed E-state index contributed by atoms with van der Waals surface area (Å²) in [6, 6.07) is 12.2. The molecule has 0 radical (unpaired) electrons. The van der Waals surface area contributed by atoms with Crippen molar-refractivity contribution in [2.45, 2.75) is 40.3 Å². The molecule has 0 spiro atoms. The molecule has 0 saturated carbocycles. The zero-order valence-electron chi connectivity index (χ0n) is 18.2. The van der Waals surface area contributed by atoms with Crippen LogP contribution in [0, 0.1) is 20.8 Å². The Morgan fingerprint density at radius 1 is 1.13 bits per heavy atom. The number of amides is 1. The van der Waals surface area contributed by atoms with Crippen molar-refractivity contribution in [2.24, 2.45) is 0 Å². The van der Waals surface area contributed by atoms with Gasteiger partial charge in [0.2, 0.25) is 27.6 Å². The Morgan fingerprint density at radius 2 is 1.84 bits per heavy atom. The van der Waals surface area contributed by atoms with Gasteiger partial charge in [-0.1, -0.05) is 41.1 Å². The number of benzene rings is 2. The normalized spacial score (nSPS) is 12.4. The monoisotopic (exact) mass is 442 g/mol. The second kappa shape index (κ2) is 8.89. The van der Waals surface area contributed by atoms with Crippen LogP contribution in [-0.2, 0) is 21.4 Å². The molecule has 1 amide bonds. The van der Waals surface area contributed by atoms with E-state index in [1.807, 2.05) is 57.2 Å². The Kier molecular flexibility index (Phi) is 6.45. The highest BCUT2D eigenvalue weighted by Crippen LogP contribution is 2.26. The van der Waals surface area contributed by atoms with Gasteiger partial charge in [0.15, 0.2) is 0 Å². The minimum atomic E-state index is -3.70. The van der Waals surface area contributed by atoms with E-state index in [1.54, 1.807) is 13.0 Å². The van der Waals surface area contributed by atoms with E-state index in [4.69, 9.17) is 4.52 Å². The zero-order chi connectivity index (χ0) is 22.8. The molecule has 2 aromatic carbocycles. The lowest BCUT2D eigenvalue weighted by Crippen LogP contribution is -2.48. The molecule has 0 bridgehead atoms. The highest BCUT2D eigenvalue weighted by atomic mass is 32.2. The van der Waals surface area contributed by atoms with E-state index in [2.05, 4.69) is 15.5 Å². The van der Waals surface area contributed by atoms with Gasteiger partial charge in [-0.3, -0.25) is 9.10 Å². The summed E-state index contributed by atoms with van der Waals surface area (Å²) in [5.41, 5.74) is 4.02. The van der Waals surface area contributed by atoms with Crippen LogP contribution in [-0.4, -0.2) is 36.8 Å². The quantitative estimate of drug-likeness (QED) is 0.603. The average Bonchev–Trinajstić information content (AvgIpc) is 3.17. The number of hydrogen-bond donors (Lipinski definition) is 1. The Morgan fingerprint density at radius 3 is 2.52 bits per heavy atom. The second-order valence-corrected chi connectivity index (χ2v) is 9.48. The Hall–Kier alpha value is -3.20. The third-order valence-electron chi connectivity index (χ3n) is 4.85. The molecule has 8 nitrogen and oxygen atoms in total. The second-order valence-electron chi connectivity index (χ2n) is 7.62. The third-order valence-corrected chi connectivity index (χ3v) is 6.08. The Balaban J connectivity index is 1.75. The van der Waals surface area contributed by atoms with Crippen molar-refractivity contribution in [3.63, 3.8) is 0 Å². The number of nitrogens with zero attached hydrogens (tertiary/aromatic N) is 3. The van der Waals surface area contributed by atoms with Gasteiger partial charge in [0.05, 0.1) is 18.5 Å². The molecule has 0 fully saturated rings. The van der Waals surface area contributed by atoms with Crippen LogP contribution in [0.5, 0.6) is 0 Å². The molecule has 3 rings (SSSR count). The van der Waals surface area contributed by atoms with Crippen molar-refractivity contribution < 1.29 is 17.7 Å². The van der Waals surface area contributed by atoms with Crippen molar-refractivity contribution in [3.05, 3.63) is 65.0 Å². The van der Waals surface area contributed by atoms with Gasteiger partial charge in [0, 0.05) is 5.56 Å². The Labute approximate surface area is 182 Å². The lowest BCUT2D eigenvalue weighted by Gasteiger charge is -2.29. The number of carbonyl (C=O) groups excluding carboxylic acids is 1. The lowest BCUT2D eigenvalue weighted by molar-refractivity contribution is -0.122. The maximum atomic E-state index is 12.8. The molecule has 0 aliphatic carbocycles. The molecule has 1 N–H and O–H groups in total. The molecule has 9 heteroatoms. The fraction of sp³-hybridized carbons (Fsp3) is 0.318. The van der Waals surface area contributed by atoms with Crippen LogP contribution in [0.25, 0.3) is 11.4 Å². The minimum Gasteiger partial charge on any atom is -0.345 e. The summed E-state index contributed by atoms with van der Waals surface area (Å²) < 4.78 is 31.4. The van der Waals surface area contributed by atoms with Crippen molar-refractivity contribution >= 4 is 21.6 Å². The number of sulfonamides is 1. The van der Waals surface area contributed by atoms with Crippen LogP contribution < -0.4 is 9.62 Å². The first kappa shape index (κ1) is 22.5. The van der Waals surface area contributed by atoms with Crippen molar-refractivity contribution in [1.29, 1.82) is 0 Å². The van der Waals surface area contributed by atoms with E-state index in [-0.39, 0.29) is 12.4 Å². The van der Waals surface area contributed by atoms with E-state index in [9.17, 15) is 13.2 Å². The summed E-state index contributed by atoms with van der Waals surface area (Å²) in [4.78, 5) is 17.1. The summed E-state index contributed by atoms with van der Waals surface area (Å²) in [5, 5.41) is 6.64. The van der Waals surface area contributed by atoms with Gasteiger partial charge >= 0.3 is 0 Å². The van der Waals surface area contributed by atoms with E-state index in [0.29, 0.717) is 11.5 Å². The summed E-state index contributed by atoms with van der Waals surface area (Å²) in [7, 11) is -3.70. The van der Waals surface area contributed by atoms with Crippen LogP contribution >= 0.6 is 0 Å². The first-order chi connectivity index (χ1) is 14.6. The molecule has 1 aromatic heterocycles. The van der Waals surface area contributed by atoms with Crippen molar-refractivity contribution in [2.75, 3.05) is 10.6 Å². The molecule has 3 aromatic rings. The van der Waals surface area contributed by atoms with E-state index < -0.39 is 22.0 Å². The number of hydrogen-bond acceptors (Lipinski definition) is 6. The van der Waals surface area contributed by atoms with Crippen molar-refractivity contribution in [3.8, 4) is 11.4 Å². The molecule has 0 aliphatic rings. The maximum absolute atomic E-state index is 12.8. The fourth-order valence-electron chi connectivity index (χ4n) is 3.28. The van der Waals surface area contributed by atoms with Gasteiger partial charge in [-0.05, 0) is 51.0 Å². The Bertz CT molecular complexity index is 1200. The first-order valence-corrected chi connectivity index (χ1v) is 11.6. The van der Waals surface area contributed by atoms with Crippen LogP contribution in [0.3, 0.4) is 0 Å². The number of nitrogens with one attached hydrogen (secondary N) is 1. The molecule has 0 aliphatic heterocycles. The molecule has 0 saturated heterocycles. The summed E-state index contributed by atoms with van der Waals surface area (Å²) in [6.07, 6.45) is 1.09. The molecule has 1 heterocycles. The van der Waals surface area contributed by atoms with E-state index in [1.165, 1.54) is 0 Å². The van der Waals surface area contributed by atoms with Gasteiger partial charge in [-0.2, -0.15) is 4.98 Å². The molecular weight excluding hydrogens is 416 g/mol. The van der Waals surface area contributed by atoms with Crippen LogP contribution in [0.4, 0.5) is 5.69 Å². The van der Waals surface area contributed by atoms with Gasteiger partial charge in [0.25, 0.3) is 0 Å². The number of rotatable bonds is 7. The topological polar surface area (TPSA) is 105 Å². The summed E-state index contributed by atoms with van der Waals surface area (Å²) in [5.74, 6) is 0.186. The molecule has 31 heavy (non-hydrogen) atoms. The highest BCUT2D eigenvalue weighted by Gasteiger charge is 2.30. The van der Waals surface area contributed by atoms with E-state index >= 15 is 0 Å². The predicted molar refractivity (Wildman–Crippen MR) is 119 cm³/mol. The number of aromatic nitrogens is 2. The van der Waals surface area contributed by atoms with Crippen molar-refractivity contribution in [1.82, 2.24) is 15.5 Å². The minimum absolute atomic E-state index is 0.00755. The molecule has 0 unspecified atom stereocenters. The maximum Gasteiger partial charge on any atom is 0.246 e. The third kappa shape index (κ3) is 5.29. The zero-order valence-corrected chi connectivity index (χ0v) is 19.0. The molecule has 164 valence electrons. The van der Waals surface area contributed by atoms with Gasteiger partial charge in [-0.25, -0.2) is 8.42 Å². The van der Waals surface area contributed by atoms with Gasteiger partial charge in [-0.15, -0.1) is 0 Å². The van der Waals surface area contributed by atoms with Crippen LogP contribution in [0.1, 0.15) is 29.5 Å². The smallest absolute Gasteiger partial charge is 0.246 e. The standard InChI is InChI=1S/C22H26N4O4S/c1-14-7-6-8-18(11-14)21-24-20(30-25-21)13-23-22(27)17(4)26(31(5,28)29)19-12-15(2)9-10-16(19)3/h6-12,17H,13H2,1-5H3,(H,23,27)/t17-/m1/s1. The van der Waals surface area contributed by atoms with Crippen LogP contribution in [0.15, 0.2) is 47.0 Å². The molecular formula is C22H26N4O4S. The molecule has 1 atom stereocenters. The number of aryl methyl sites for hydroxylation is 3. The highest BCUT2D eigenvalue weighted by molar-refractivity contribution is 7.92. The number of carbonyl (C=O) groups is 1. The lowest BCUT2D eigenvalue weighted by atomic mass is 10.1. The fourth-order valence-corrected chi connectivity index (χ4v) is 4.50. The SMILES string of the molecule is Cc1cccc(-c2noc(CNC(=O)[C@@H](C)N(c3cc(C)ccc3C)S(C)(=O)=O)n2)c1. The summed E-state index contributed by atoms with van der Waals surface area (Å²) in [6.45, 7) is 7.19. The van der Waals surface area contributed by atoms with Gasteiger partial charge < -0.3 is 9.84 Å². The number of anilines is 1. The largest absolute Gasteiger partial charge is 0.345 e. The predicted octanol–water partition coefficient (Wildman–Crippen LogP) is 3.13. The summed E-state index contributed by atoms with van der Waals surface area (Å²) >= 11 is 0. The average molecular weight is 443 g/mol. The van der Waals surface area contributed by atoms with Gasteiger partial charge in [0.1, 0.15) is 6.04 Å².